The lowest BCUT2D eigenvalue weighted by Crippen LogP contribution is -2.52. The maximum absolute atomic E-state index is 12.7. The standard InChI is InChI=1S/C14H17BrN2O3/c1-8-6-20-7-9(2)17(8)14(19)11-4-3-10(15)5-12(11)13(16)18/h3-5,8-9H,6-7H2,1-2H3,(H2,16,18). The van der Waals surface area contributed by atoms with Gasteiger partial charge in [0.25, 0.3) is 5.91 Å². The third kappa shape index (κ3) is 2.86. The van der Waals surface area contributed by atoms with E-state index in [0.29, 0.717) is 23.2 Å². The Labute approximate surface area is 126 Å². The Kier molecular flexibility index (Phi) is 4.45. The van der Waals surface area contributed by atoms with Gasteiger partial charge >= 0.3 is 0 Å². The predicted octanol–water partition coefficient (Wildman–Crippen LogP) is 1.80. The van der Waals surface area contributed by atoms with Crippen LogP contribution in [-0.2, 0) is 4.74 Å². The zero-order valence-corrected chi connectivity index (χ0v) is 13.0. The molecule has 2 rings (SSSR count). The molecular weight excluding hydrogens is 324 g/mol. The second kappa shape index (κ2) is 5.93. The average molecular weight is 341 g/mol. The number of hydrogen-bond donors (Lipinski definition) is 1. The van der Waals surface area contributed by atoms with Gasteiger partial charge in [-0.15, -0.1) is 0 Å². The molecule has 1 heterocycles. The number of amides is 2. The zero-order valence-electron chi connectivity index (χ0n) is 11.4. The first kappa shape index (κ1) is 15.0. The zero-order chi connectivity index (χ0) is 14.9. The van der Waals surface area contributed by atoms with Crippen molar-refractivity contribution >= 4 is 27.7 Å². The molecule has 1 fully saturated rings. The fourth-order valence-electron chi connectivity index (χ4n) is 2.45. The molecule has 20 heavy (non-hydrogen) atoms. The SMILES string of the molecule is CC1COCC(C)N1C(=O)c1ccc(Br)cc1C(N)=O. The molecular formula is C14H17BrN2O3. The van der Waals surface area contributed by atoms with Crippen LogP contribution >= 0.6 is 15.9 Å². The number of morpholine rings is 1. The van der Waals surface area contributed by atoms with Crippen molar-refractivity contribution in [2.45, 2.75) is 25.9 Å². The molecule has 0 aromatic heterocycles. The van der Waals surface area contributed by atoms with E-state index in [9.17, 15) is 9.59 Å². The molecule has 0 aliphatic carbocycles. The minimum Gasteiger partial charge on any atom is -0.377 e. The summed E-state index contributed by atoms with van der Waals surface area (Å²) in [6.07, 6.45) is 0. The van der Waals surface area contributed by atoms with Gasteiger partial charge in [-0.25, -0.2) is 0 Å². The Morgan fingerprint density at radius 3 is 2.40 bits per heavy atom. The minimum absolute atomic E-state index is 0.0318. The number of halogens is 1. The van der Waals surface area contributed by atoms with Crippen molar-refractivity contribution in [3.8, 4) is 0 Å². The van der Waals surface area contributed by atoms with Gasteiger partial charge in [-0.1, -0.05) is 15.9 Å². The molecule has 1 aliphatic heterocycles. The van der Waals surface area contributed by atoms with Crippen LogP contribution in [0.25, 0.3) is 0 Å². The molecule has 1 aromatic rings. The molecule has 0 saturated carbocycles. The number of nitrogens with zero attached hydrogens (tertiary/aromatic N) is 1. The summed E-state index contributed by atoms with van der Waals surface area (Å²) in [5, 5.41) is 0. The highest BCUT2D eigenvalue weighted by Crippen LogP contribution is 2.22. The molecule has 0 spiro atoms. The molecule has 5 nitrogen and oxygen atoms in total. The molecule has 2 amide bonds. The maximum Gasteiger partial charge on any atom is 0.255 e. The number of carbonyl (C=O) groups is 2. The van der Waals surface area contributed by atoms with Crippen molar-refractivity contribution in [2.24, 2.45) is 5.73 Å². The molecule has 0 radical (unpaired) electrons. The Balaban J connectivity index is 2.40. The van der Waals surface area contributed by atoms with Gasteiger partial charge in [0.05, 0.1) is 36.4 Å². The van der Waals surface area contributed by atoms with Gasteiger partial charge in [0, 0.05) is 4.47 Å². The van der Waals surface area contributed by atoms with Gasteiger partial charge in [0.15, 0.2) is 0 Å². The van der Waals surface area contributed by atoms with Crippen LogP contribution < -0.4 is 5.73 Å². The smallest absolute Gasteiger partial charge is 0.255 e. The summed E-state index contributed by atoms with van der Waals surface area (Å²) in [5.41, 5.74) is 5.93. The van der Waals surface area contributed by atoms with Crippen LogP contribution in [0, 0.1) is 0 Å². The molecule has 1 aliphatic rings. The number of benzene rings is 1. The van der Waals surface area contributed by atoms with E-state index in [4.69, 9.17) is 10.5 Å². The lowest BCUT2D eigenvalue weighted by atomic mass is 10.0. The Bertz CT molecular complexity index is 537. The molecule has 2 N–H and O–H groups in total. The monoisotopic (exact) mass is 340 g/mol. The van der Waals surface area contributed by atoms with E-state index in [1.54, 1.807) is 23.1 Å². The summed E-state index contributed by atoms with van der Waals surface area (Å²) in [5.74, 6) is -0.794. The van der Waals surface area contributed by atoms with E-state index in [1.807, 2.05) is 13.8 Å². The van der Waals surface area contributed by atoms with Crippen LogP contribution in [0.2, 0.25) is 0 Å². The lowest BCUT2D eigenvalue weighted by molar-refractivity contribution is -0.0250. The fourth-order valence-corrected chi connectivity index (χ4v) is 2.81. The summed E-state index contributed by atoms with van der Waals surface area (Å²) in [4.78, 5) is 26.0. The van der Waals surface area contributed by atoms with Crippen LogP contribution in [0.1, 0.15) is 34.6 Å². The molecule has 1 aromatic carbocycles. The number of hydrogen-bond acceptors (Lipinski definition) is 3. The average Bonchev–Trinajstić information content (AvgIpc) is 2.38. The molecule has 2 unspecified atom stereocenters. The van der Waals surface area contributed by atoms with Crippen molar-refractivity contribution in [3.63, 3.8) is 0 Å². The van der Waals surface area contributed by atoms with Crippen LogP contribution in [0.5, 0.6) is 0 Å². The topological polar surface area (TPSA) is 72.6 Å². The van der Waals surface area contributed by atoms with Gasteiger partial charge < -0.3 is 15.4 Å². The van der Waals surface area contributed by atoms with Crippen molar-refractivity contribution in [1.82, 2.24) is 4.90 Å². The predicted molar refractivity (Wildman–Crippen MR) is 78.6 cm³/mol. The highest BCUT2D eigenvalue weighted by Gasteiger charge is 2.31. The minimum atomic E-state index is -0.608. The van der Waals surface area contributed by atoms with E-state index < -0.39 is 5.91 Å². The first-order valence-electron chi connectivity index (χ1n) is 6.41. The largest absolute Gasteiger partial charge is 0.377 e. The highest BCUT2D eigenvalue weighted by molar-refractivity contribution is 9.10. The molecule has 0 bridgehead atoms. The Hall–Kier alpha value is -1.40. The normalized spacial score (nSPS) is 22.6. The Morgan fingerprint density at radius 1 is 1.25 bits per heavy atom. The van der Waals surface area contributed by atoms with Gasteiger partial charge in [0.2, 0.25) is 5.91 Å². The molecule has 6 heteroatoms. The van der Waals surface area contributed by atoms with Crippen molar-refractivity contribution in [3.05, 3.63) is 33.8 Å². The van der Waals surface area contributed by atoms with Crippen LogP contribution in [0.4, 0.5) is 0 Å². The van der Waals surface area contributed by atoms with Gasteiger partial charge in [-0.05, 0) is 32.0 Å². The molecule has 1 saturated heterocycles. The van der Waals surface area contributed by atoms with E-state index in [-0.39, 0.29) is 23.6 Å². The van der Waals surface area contributed by atoms with Crippen molar-refractivity contribution in [1.29, 1.82) is 0 Å². The van der Waals surface area contributed by atoms with Crippen LogP contribution in [0.15, 0.2) is 22.7 Å². The van der Waals surface area contributed by atoms with Crippen molar-refractivity contribution in [2.75, 3.05) is 13.2 Å². The van der Waals surface area contributed by atoms with Crippen LogP contribution in [0.3, 0.4) is 0 Å². The number of nitrogens with two attached hydrogens (primary N) is 1. The third-order valence-electron chi connectivity index (χ3n) is 3.38. The van der Waals surface area contributed by atoms with Crippen molar-refractivity contribution < 1.29 is 14.3 Å². The van der Waals surface area contributed by atoms with Crippen LogP contribution in [-0.4, -0.2) is 42.0 Å². The first-order chi connectivity index (χ1) is 9.41. The van der Waals surface area contributed by atoms with E-state index in [1.165, 1.54) is 0 Å². The first-order valence-corrected chi connectivity index (χ1v) is 7.21. The quantitative estimate of drug-likeness (QED) is 0.892. The van der Waals surface area contributed by atoms with E-state index in [2.05, 4.69) is 15.9 Å². The van der Waals surface area contributed by atoms with E-state index >= 15 is 0 Å². The maximum atomic E-state index is 12.7. The summed E-state index contributed by atoms with van der Waals surface area (Å²) in [7, 11) is 0. The summed E-state index contributed by atoms with van der Waals surface area (Å²) in [6.45, 7) is 4.85. The number of rotatable bonds is 2. The number of primary amides is 1. The summed E-state index contributed by atoms with van der Waals surface area (Å²) < 4.78 is 6.13. The number of ether oxygens (including phenoxy) is 1. The second-order valence-electron chi connectivity index (χ2n) is 5.00. The summed E-state index contributed by atoms with van der Waals surface area (Å²) in [6, 6.07) is 4.87. The third-order valence-corrected chi connectivity index (χ3v) is 3.87. The van der Waals surface area contributed by atoms with E-state index in [0.717, 1.165) is 0 Å². The Morgan fingerprint density at radius 2 is 1.85 bits per heavy atom. The fraction of sp³-hybridized carbons (Fsp3) is 0.429. The lowest BCUT2D eigenvalue weighted by Gasteiger charge is -2.39. The number of carbonyl (C=O) groups excluding carboxylic acids is 2. The summed E-state index contributed by atoms with van der Waals surface area (Å²) >= 11 is 3.28. The van der Waals surface area contributed by atoms with Gasteiger partial charge in [-0.3, -0.25) is 9.59 Å². The van der Waals surface area contributed by atoms with Gasteiger partial charge in [0.1, 0.15) is 0 Å². The molecule has 108 valence electrons. The highest BCUT2D eigenvalue weighted by atomic mass is 79.9. The molecule has 2 atom stereocenters. The van der Waals surface area contributed by atoms with Gasteiger partial charge in [-0.2, -0.15) is 0 Å². The second-order valence-corrected chi connectivity index (χ2v) is 5.92.